The highest BCUT2D eigenvalue weighted by molar-refractivity contribution is 5.97. The molecule has 3 heterocycles. The molecule has 142 valence electrons. The predicted octanol–water partition coefficient (Wildman–Crippen LogP) is -0.316. The summed E-state index contributed by atoms with van der Waals surface area (Å²) in [6, 6.07) is 6.85. The van der Waals surface area contributed by atoms with Crippen molar-refractivity contribution < 1.29 is 14.7 Å². The monoisotopic (exact) mass is 369 g/mol. The molecule has 4 rings (SSSR count). The molecule has 1 aromatic heterocycles. The normalized spacial score (nSPS) is 23.3. The number of carbonyl (C=O) groups is 2. The zero-order valence-corrected chi connectivity index (χ0v) is 15.2. The van der Waals surface area contributed by atoms with Gasteiger partial charge in [-0.2, -0.15) is 5.10 Å². The van der Waals surface area contributed by atoms with E-state index < -0.39 is 12.1 Å². The number of aromatic nitrogens is 2. The van der Waals surface area contributed by atoms with Crippen molar-refractivity contribution in [1.82, 2.24) is 24.9 Å². The van der Waals surface area contributed by atoms with Crippen LogP contribution in [0.2, 0.25) is 0 Å². The summed E-state index contributed by atoms with van der Waals surface area (Å²) < 4.78 is 1.84. The van der Waals surface area contributed by atoms with E-state index in [0.29, 0.717) is 26.2 Å². The summed E-state index contributed by atoms with van der Waals surface area (Å²) in [6.45, 7) is 4.00. The number of aliphatic hydroxyl groups excluding tert-OH is 1. The lowest BCUT2D eigenvalue weighted by Crippen LogP contribution is -2.69. The first-order valence-electron chi connectivity index (χ1n) is 9.10. The molecular formula is C19H23N5O3. The van der Waals surface area contributed by atoms with Crippen molar-refractivity contribution in [3.05, 3.63) is 47.8 Å². The van der Waals surface area contributed by atoms with Gasteiger partial charge in [0.1, 0.15) is 12.1 Å². The first-order chi connectivity index (χ1) is 13.0. The third-order valence-corrected chi connectivity index (χ3v) is 5.19. The van der Waals surface area contributed by atoms with Crippen molar-refractivity contribution in [2.24, 2.45) is 0 Å². The molecular weight excluding hydrogens is 346 g/mol. The quantitative estimate of drug-likeness (QED) is 0.771. The summed E-state index contributed by atoms with van der Waals surface area (Å²) in [5.74, 6) is -0.400. The number of piperazine rings is 2. The topological polar surface area (TPSA) is 90.7 Å². The van der Waals surface area contributed by atoms with Crippen LogP contribution in [0.5, 0.6) is 0 Å². The molecule has 0 bridgehead atoms. The van der Waals surface area contributed by atoms with Crippen LogP contribution in [0.25, 0.3) is 5.69 Å². The SMILES string of the molecule is Cc1ccc(-n2cc(CN3CCN4C(=O)[C@H](CO)NC(=O)[C@H]4C3)cn2)cc1. The second-order valence-electron chi connectivity index (χ2n) is 7.15. The molecule has 8 nitrogen and oxygen atoms in total. The Hall–Kier alpha value is -2.71. The van der Waals surface area contributed by atoms with E-state index in [9.17, 15) is 14.7 Å². The molecule has 2 N–H and O–H groups in total. The fraction of sp³-hybridized carbons (Fsp3) is 0.421. The van der Waals surface area contributed by atoms with Gasteiger partial charge >= 0.3 is 0 Å². The van der Waals surface area contributed by atoms with Crippen LogP contribution < -0.4 is 5.32 Å². The number of hydrogen-bond donors (Lipinski definition) is 2. The minimum atomic E-state index is -0.812. The van der Waals surface area contributed by atoms with E-state index >= 15 is 0 Å². The zero-order valence-electron chi connectivity index (χ0n) is 15.2. The average molecular weight is 369 g/mol. The average Bonchev–Trinajstić information content (AvgIpc) is 3.13. The molecule has 2 saturated heterocycles. The van der Waals surface area contributed by atoms with Crippen LogP contribution in [-0.2, 0) is 16.1 Å². The minimum absolute atomic E-state index is 0.200. The first kappa shape index (κ1) is 17.7. The number of aliphatic hydroxyl groups is 1. The zero-order chi connectivity index (χ0) is 19.0. The summed E-state index contributed by atoms with van der Waals surface area (Å²) >= 11 is 0. The van der Waals surface area contributed by atoms with Gasteiger partial charge in [0.05, 0.1) is 18.5 Å². The molecule has 2 amide bonds. The van der Waals surface area contributed by atoms with Crippen molar-refractivity contribution in [2.45, 2.75) is 25.6 Å². The van der Waals surface area contributed by atoms with E-state index in [1.54, 1.807) is 4.90 Å². The molecule has 8 heteroatoms. The summed E-state index contributed by atoms with van der Waals surface area (Å²) in [6.07, 6.45) is 3.82. The van der Waals surface area contributed by atoms with E-state index in [4.69, 9.17) is 0 Å². The van der Waals surface area contributed by atoms with E-state index in [2.05, 4.69) is 15.3 Å². The number of nitrogens with zero attached hydrogens (tertiary/aromatic N) is 4. The smallest absolute Gasteiger partial charge is 0.248 e. The summed E-state index contributed by atoms with van der Waals surface area (Å²) in [5.41, 5.74) is 3.26. The molecule has 2 atom stereocenters. The van der Waals surface area contributed by atoms with Crippen molar-refractivity contribution in [1.29, 1.82) is 0 Å². The highest BCUT2D eigenvalue weighted by atomic mass is 16.3. The van der Waals surface area contributed by atoms with Crippen LogP contribution >= 0.6 is 0 Å². The van der Waals surface area contributed by atoms with Crippen LogP contribution in [0.3, 0.4) is 0 Å². The van der Waals surface area contributed by atoms with Crippen molar-refractivity contribution in [3.8, 4) is 5.69 Å². The summed E-state index contributed by atoms with van der Waals surface area (Å²) in [5, 5.41) is 16.3. The van der Waals surface area contributed by atoms with E-state index in [1.807, 2.05) is 48.3 Å². The number of nitrogens with one attached hydrogen (secondary N) is 1. The molecule has 0 unspecified atom stereocenters. The summed E-state index contributed by atoms with van der Waals surface area (Å²) in [4.78, 5) is 28.3. The maximum absolute atomic E-state index is 12.3. The van der Waals surface area contributed by atoms with E-state index in [1.165, 1.54) is 5.56 Å². The lowest BCUT2D eigenvalue weighted by molar-refractivity contribution is -0.154. The molecule has 2 fully saturated rings. The van der Waals surface area contributed by atoms with Gasteiger partial charge in [0.2, 0.25) is 11.8 Å². The molecule has 2 aliphatic heterocycles. The third-order valence-electron chi connectivity index (χ3n) is 5.19. The van der Waals surface area contributed by atoms with Gasteiger partial charge in [-0.3, -0.25) is 14.5 Å². The Morgan fingerprint density at radius 1 is 1.22 bits per heavy atom. The number of hydrogen-bond acceptors (Lipinski definition) is 5. The minimum Gasteiger partial charge on any atom is -0.394 e. The Morgan fingerprint density at radius 2 is 2.00 bits per heavy atom. The van der Waals surface area contributed by atoms with Crippen molar-refractivity contribution in [3.63, 3.8) is 0 Å². The van der Waals surface area contributed by atoms with Crippen LogP contribution in [0.15, 0.2) is 36.7 Å². The van der Waals surface area contributed by atoms with E-state index in [0.717, 1.165) is 11.3 Å². The Kier molecular flexibility index (Phi) is 4.67. The number of fused-ring (bicyclic) bond motifs is 1. The molecule has 0 spiro atoms. The number of carbonyl (C=O) groups excluding carboxylic acids is 2. The fourth-order valence-corrected chi connectivity index (χ4v) is 3.66. The second-order valence-corrected chi connectivity index (χ2v) is 7.15. The standard InChI is InChI=1S/C19H23N5O3/c1-13-2-4-15(5-3-13)24-10-14(8-20-24)9-22-6-7-23-17(11-22)18(26)21-16(12-25)19(23)27/h2-5,8,10,16-17,25H,6-7,9,11-12H2,1H3,(H,21,26)/t16-,17+/m0/s1. The molecule has 0 aliphatic carbocycles. The second kappa shape index (κ2) is 7.13. The molecule has 27 heavy (non-hydrogen) atoms. The van der Waals surface area contributed by atoms with Gasteiger partial charge in [-0.1, -0.05) is 17.7 Å². The Labute approximate surface area is 157 Å². The molecule has 1 aromatic carbocycles. The largest absolute Gasteiger partial charge is 0.394 e. The fourth-order valence-electron chi connectivity index (χ4n) is 3.66. The maximum Gasteiger partial charge on any atom is 0.248 e. The highest BCUT2D eigenvalue weighted by Gasteiger charge is 2.43. The molecule has 2 aromatic rings. The van der Waals surface area contributed by atoms with Crippen molar-refractivity contribution in [2.75, 3.05) is 26.2 Å². The van der Waals surface area contributed by atoms with Gasteiger partial charge < -0.3 is 15.3 Å². The number of amides is 2. The number of rotatable bonds is 4. The van der Waals surface area contributed by atoms with Gasteiger partial charge in [-0.15, -0.1) is 0 Å². The van der Waals surface area contributed by atoms with Crippen LogP contribution in [0.1, 0.15) is 11.1 Å². The van der Waals surface area contributed by atoms with Gasteiger partial charge in [-0.25, -0.2) is 4.68 Å². The van der Waals surface area contributed by atoms with Gasteiger partial charge in [0.15, 0.2) is 0 Å². The Balaban J connectivity index is 1.42. The molecule has 2 aliphatic rings. The van der Waals surface area contributed by atoms with Crippen molar-refractivity contribution >= 4 is 11.8 Å². The molecule has 0 saturated carbocycles. The van der Waals surface area contributed by atoms with Gasteiger partial charge in [0, 0.05) is 37.9 Å². The Bertz CT molecular complexity index is 847. The summed E-state index contributed by atoms with van der Waals surface area (Å²) in [7, 11) is 0. The maximum atomic E-state index is 12.3. The van der Waals surface area contributed by atoms with Crippen LogP contribution in [-0.4, -0.2) is 74.8 Å². The van der Waals surface area contributed by atoms with Gasteiger partial charge in [-0.05, 0) is 19.1 Å². The lowest BCUT2D eigenvalue weighted by Gasteiger charge is -2.44. The van der Waals surface area contributed by atoms with Gasteiger partial charge in [0.25, 0.3) is 0 Å². The molecule has 0 radical (unpaired) electrons. The highest BCUT2D eigenvalue weighted by Crippen LogP contribution is 2.18. The number of aryl methyl sites for hydroxylation is 1. The predicted molar refractivity (Wildman–Crippen MR) is 98.1 cm³/mol. The lowest BCUT2D eigenvalue weighted by atomic mass is 10.0. The third kappa shape index (κ3) is 3.45. The van der Waals surface area contributed by atoms with E-state index in [-0.39, 0.29) is 18.4 Å². The van der Waals surface area contributed by atoms with Crippen LogP contribution in [0.4, 0.5) is 0 Å². The van der Waals surface area contributed by atoms with Crippen LogP contribution in [0, 0.1) is 6.92 Å². The first-order valence-corrected chi connectivity index (χ1v) is 9.10. The Morgan fingerprint density at radius 3 is 2.74 bits per heavy atom. The number of benzene rings is 1.